The van der Waals surface area contributed by atoms with Gasteiger partial charge in [0.1, 0.15) is 0 Å². The molecule has 0 aromatic carbocycles. The fourth-order valence-corrected chi connectivity index (χ4v) is 1.57. The van der Waals surface area contributed by atoms with E-state index in [1.54, 1.807) is 13.3 Å². The molecule has 0 aliphatic rings. The Hall–Kier alpha value is -0.910. The number of nitrogens with zero attached hydrogens (tertiary/aromatic N) is 2. The first kappa shape index (κ1) is 14.2. The summed E-state index contributed by atoms with van der Waals surface area (Å²) in [5.74, 6) is 0. The molecule has 0 saturated heterocycles. The highest BCUT2D eigenvalue weighted by atomic mass is 16.5. The van der Waals surface area contributed by atoms with Crippen LogP contribution in [0.4, 0.5) is 0 Å². The zero-order chi connectivity index (χ0) is 12.6. The van der Waals surface area contributed by atoms with Gasteiger partial charge in [0.05, 0.1) is 11.9 Å². The second-order valence-electron chi connectivity index (χ2n) is 4.57. The molecule has 0 radical (unpaired) electrons. The van der Waals surface area contributed by atoms with E-state index >= 15 is 0 Å². The van der Waals surface area contributed by atoms with Gasteiger partial charge in [0.25, 0.3) is 0 Å². The first-order valence-electron chi connectivity index (χ1n) is 6.02. The van der Waals surface area contributed by atoms with E-state index in [9.17, 15) is 5.11 Å². The van der Waals surface area contributed by atoms with Gasteiger partial charge in [-0.05, 0) is 19.9 Å². The maximum Gasteiger partial charge on any atom is 0.0945 e. The number of ether oxygens (including phenoxy) is 1. The number of hydrogen-bond acceptors (Lipinski definition) is 4. The number of aromatic nitrogens is 2. The molecule has 0 fully saturated rings. The highest BCUT2D eigenvalue weighted by Crippen LogP contribution is 2.07. The lowest BCUT2D eigenvalue weighted by Crippen LogP contribution is -2.39. The van der Waals surface area contributed by atoms with Gasteiger partial charge in [-0.2, -0.15) is 0 Å². The van der Waals surface area contributed by atoms with Crippen LogP contribution in [0.25, 0.3) is 0 Å². The van der Waals surface area contributed by atoms with Crippen LogP contribution >= 0.6 is 0 Å². The summed E-state index contributed by atoms with van der Waals surface area (Å²) in [6, 6.07) is 0. The lowest BCUT2D eigenvalue weighted by Gasteiger charge is -2.23. The van der Waals surface area contributed by atoms with Crippen LogP contribution in [0.3, 0.4) is 0 Å². The number of nitrogens with one attached hydrogen (secondary N) is 1. The van der Waals surface area contributed by atoms with Crippen LogP contribution in [0, 0.1) is 0 Å². The summed E-state index contributed by atoms with van der Waals surface area (Å²) < 4.78 is 7.00. The minimum atomic E-state index is -0.689. The fourth-order valence-electron chi connectivity index (χ4n) is 1.57. The molecule has 0 aliphatic heterocycles. The minimum Gasteiger partial charge on any atom is -0.389 e. The normalized spacial score (nSPS) is 14.8. The van der Waals surface area contributed by atoms with Crippen molar-refractivity contribution in [1.82, 2.24) is 14.9 Å². The van der Waals surface area contributed by atoms with Crippen LogP contribution < -0.4 is 5.32 Å². The molecule has 1 atom stereocenters. The zero-order valence-corrected chi connectivity index (χ0v) is 10.7. The van der Waals surface area contributed by atoms with Crippen molar-refractivity contribution in [3.63, 3.8) is 0 Å². The lowest BCUT2D eigenvalue weighted by molar-refractivity contribution is 0.0250. The molecule has 98 valence electrons. The summed E-state index contributed by atoms with van der Waals surface area (Å²) >= 11 is 0. The van der Waals surface area contributed by atoms with Gasteiger partial charge in [-0.3, -0.25) is 0 Å². The van der Waals surface area contributed by atoms with Crippen LogP contribution in [-0.2, 0) is 11.3 Å². The summed E-state index contributed by atoms with van der Waals surface area (Å²) in [4.78, 5) is 3.98. The molecule has 1 heterocycles. The van der Waals surface area contributed by atoms with Crippen LogP contribution in [0.1, 0.15) is 19.8 Å². The average molecular weight is 241 g/mol. The van der Waals surface area contributed by atoms with E-state index in [4.69, 9.17) is 4.74 Å². The molecule has 0 saturated carbocycles. The molecule has 1 aromatic rings. The number of hydrogen-bond donors (Lipinski definition) is 2. The van der Waals surface area contributed by atoms with Crippen molar-refractivity contribution in [2.75, 3.05) is 26.8 Å². The molecule has 1 unspecified atom stereocenters. The summed E-state index contributed by atoms with van der Waals surface area (Å²) in [6.07, 6.45) is 7.22. The second-order valence-corrected chi connectivity index (χ2v) is 4.57. The third-order valence-electron chi connectivity index (χ3n) is 2.68. The smallest absolute Gasteiger partial charge is 0.0945 e. The first-order chi connectivity index (χ1) is 8.14. The molecule has 0 bridgehead atoms. The van der Waals surface area contributed by atoms with Gasteiger partial charge in [0.2, 0.25) is 0 Å². The third kappa shape index (κ3) is 6.41. The SMILES string of the molecule is COCCC(C)(O)CNCCCn1ccnc1. The Morgan fingerprint density at radius 3 is 3.00 bits per heavy atom. The van der Waals surface area contributed by atoms with Gasteiger partial charge in [-0.1, -0.05) is 0 Å². The van der Waals surface area contributed by atoms with Gasteiger partial charge in [0, 0.05) is 45.6 Å². The van der Waals surface area contributed by atoms with Crippen molar-refractivity contribution < 1.29 is 9.84 Å². The quantitative estimate of drug-likeness (QED) is 0.623. The van der Waals surface area contributed by atoms with E-state index in [0.29, 0.717) is 19.6 Å². The van der Waals surface area contributed by atoms with Gasteiger partial charge in [-0.25, -0.2) is 4.98 Å². The van der Waals surface area contributed by atoms with Crippen molar-refractivity contribution in [2.24, 2.45) is 0 Å². The molecular weight excluding hydrogens is 218 g/mol. The lowest BCUT2D eigenvalue weighted by atomic mass is 10.0. The van der Waals surface area contributed by atoms with E-state index < -0.39 is 5.60 Å². The Labute approximate surface area is 103 Å². The average Bonchev–Trinajstić information content (AvgIpc) is 2.79. The number of aryl methyl sites for hydroxylation is 1. The minimum absolute atomic E-state index is 0.587. The molecule has 2 N–H and O–H groups in total. The first-order valence-corrected chi connectivity index (χ1v) is 6.02. The van der Waals surface area contributed by atoms with Crippen molar-refractivity contribution in [1.29, 1.82) is 0 Å². The topological polar surface area (TPSA) is 59.3 Å². The highest BCUT2D eigenvalue weighted by Gasteiger charge is 2.18. The van der Waals surface area contributed by atoms with E-state index in [1.165, 1.54) is 0 Å². The molecule has 1 rings (SSSR count). The Morgan fingerprint density at radius 2 is 2.35 bits per heavy atom. The van der Waals surface area contributed by atoms with Crippen LogP contribution in [0.15, 0.2) is 18.7 Å². The summed E-state index contributed by atoms with van der Waals surface area (Å²) in [6.45, 7) is 4.85. The molecule has 0 amide bonds. The summed E-state index contributed by atoms with van der Waals surface area (Å²) in [7, 11) is 1.65. The molecule has 17 heavy (non-hydrogen) atoms. The van der Waals surface area contributed by atoms with Gasteiger partial charge in [-0.15, -0.1) is 0 Å². The largest absolute Gasteiger partial charge is 0.389 e. The molecule has 1 aromatic heterocycles. The van der Waals surface area contributed by atoms with Gasteiger partial charge >= 0.3 is 0 Å². The Balaban J connectivity index is 2.03. The monoisotopic (exact) mass is 241 g/mol. The standard InChI is InChI=1S/C12H23N3O2/c1-12(16,4-9-17-2)10-13-5-3-7-15-8-6-14-11-15/h6,8,11,13,16H,3-5,7,9-10H2,1-2H3. The number of imidazole rings is 1. The highest BCUT2D eigenvalue weighted by molar-refractivity contribution is 4.76. The maximum atomic E-state index is 9.97. The molecule has 0 spiro atoms. The van der Waals surface area contributed by atoms with Crippen molar-refractivity contribution in [3.05, 3.63) is 18.7 Å². The predicted octanol–water partition coefficient (Wildman–Crippen LogP) is 0.650. The fraction of sp³-hybridized carbons (Fsp3) is 0.750. The maximum absolute atomic E-state index is 9.97. The van der Waals surface area contributed by atoms with Gasteiger partial charge < -0.3 is 19.7 Å². The van der Waals surface area contributed by atoms with E-state index in [1.807, 2.05) is 24.0 Å². The predicted molar refractivity (Wildman–Crippen MR) is 66.8 cm³/mol. The zero-order valence-electron chi connectivity index (χ0n) is 10.7. The van der Waals surface area contributed by atoms with Crippen LogP contribution in [0.5, 0.6) is 0 Å². The Bertz CT molecular complexity index is 286. The Morgan fingerprint density at radius 1 is 1.53 bits per heavy atom. The second kappa shape index (κ2) is 7.42. The number of methoxy groups -OCH3 is 1. The summed E-state index contributed by atoms with van der Waals surface area (Å²) in [5, 5.41) is 13.2. The molecule has 5 nitrogen and oxygen atoms in total. The van der Waals surface area contributed by atoms with Crippen molar-refractivity contribution in [2.45, 2.75) is 31.9 Å². The van der Waals surface area contributed by atoms with E-state index in [2.05, 4.69) is 10.3 Å². The van der Waals surface area contributed by atoms with Crippen molar-refractivity contribution in [3.8, 4) is 0 Å². The molecular formula is C12H23N3O2. The van der Waals surface area contributed by atoms with E-state index in [0.717, 1.165) is 19.5 Å². The molecule has 5 heteroatoms. The third-order valence-corrected chi connectivity index (χ3v) is 2.68. The van der Waals surface area contributed by atoms with Gasteiger partial charge in [0.15, 0.2) is 0 Å². The molecule has 0 aliphatic carbocycles. The van der Waals surface area contributed by atoms with Crippen LogP contribution in [-0.4, -0.2) is 47.1 Å². The number of rotatable bonds is 9. The Kier molecular flexibility index (Phi) is 6.18. The van der Waals surface area contributed by atoms with Crippen molar-refractivity contribution >= 4 is 0 Å². The summed E-state index contributed by atoms with van der Waals surface area (Å²) in [5.41, 5.74) is -0.689. The number of aliphatic hydroxyl groups is 1. The van der Waals surface area contributed by atoms with E-state index in [-0.39, 0.29) is 0 Å². The van der Waals surface area contributed by atoms with Crippen LogP contribution in [0.2, 0.25) is 0 Å².